The topological polar surface area (TPSA) is 113 Å². The molecule has 2 atom stereocenters. The zero-order chi connectivity index (χ0) is 31.4. The molecule has 2 aromatic carbocycles. The van der Waals surface area contributed by atoms with Crippen LogP contribution in [0.5, 0.6) is 11.5 Å². The molecule has 0 aromatic heterocycles. The molecule has 43 heavy (non-hydrogen) atoms. The molecular weight excluding hydrogens is 546 g/mol. The first-order valence-corrected chi connectivity index (χ1v) is 14.5. The molecule has 0 aliphatic carbocycles. The van der Waals surface area contributed by atoms with E-state index < -0.39 is 35.1 Å². The van der Waals surface area contributed by atoms with Gasteiger partial charge < -0.3 is 29.6 Å². The number of esters is 1. The molecule has 0 saturated carbocycles. The lowest BCUT2D eigenvalue weighted by Crippen LogP contribution is -2.45. The van der Waals surface area contributed by atoms with E-state index in [0.717, 1.165) is 22.4 Å². The fraction of sp³-hybridized carbons (Fsp3) is 0.441. The van der Waals surface area contributed by atoms with Gasteiger partial charge in [0.25, 0.3) is 0 Å². The van der Waals surface area contributed by atoms with Crippen LogP contribution in [0.4, 0.5) is 4.79 Å². The van der Waals surface area contributed by atoms with Crippen LogP contribution in [0.25, 0.3) is 5.70 Å². The van der Waals surface area contributed by atoms with Crippen LogP contribution < -0.4 is 15.2 Å². The minimum absolute atomic E-state index is 0.150. The predicted octanol–water partition coefficient (Wildman–Crippen LogP) is 6.13. The molecule has 2 aliphatic heterocycles. The zero-order valence-electron chi connectivity index (χ0n) is 26.2. The van der Waals surface area contributed by atoms with E-state index in [1.165, 1.54) is 0 Å². The Morgan fingerprint density at radius 2 is 1.65 bits per heavy atom. The van der Waals surface area contributed by atoms with Crippen molar-refractivity contribution in [2.45, 2.75) is 65.8 Å². The van der Waals surface area contributed by atoms with Crippen LogP contribution in [0.2, 0.25) is 0 Å². The van der Waals surface area contributed by atoms with Gasteiger partial charge in [0.2, 0.25) is 0 Å². The third-order valence-electron chi connectivity index (χ3n) is 6.90. The average Bonchev–Trinajstić information content (AvgIpc) is 2.94. The monoisotopic (exact) mass is 589 g/mol. The van der Waals surface area contributed by atoms with Crippen molar-refractivity contribution in [3.8, 4) is 11.5 Å². The number of benzene rings is 2. The van der Waals surface area contributed by atoms with E-state index in [0.29, 0.717) is 37.6 Å². The van der Waals surface area contributed by atoms with Crippen LogP contribution >= 0.6 is 0 Å². The molecule has 230 valence electrons. The number of amides is 1. The number of hydrogen-bond acceptors (Lipinski definition) is 8. The number of nitrogens with two attached hydrogens (primary N) is 1. The molecular formula is C34H43N3O6. The third kappa shape index (κ3) is 8.40. The number of rotatable bonds is 7. The maximum Gasteiger partial charge on any atom is 0.410 e. The molecule has 1 amide bonds. The van der Waals surface area contributed by atoms with Crippen molar-refractivity contribution >= 4 is 23.6 Å². The number of carbonyl (C=O) groups is 2. The highest BCUT2D eigenvalue weighted by molar-refractivity contribution is 6.05. The van der Waals surface area contributed by atoms with Crippen molar-refractivity contribution in [1.29, 1.82) is 0 Å². The Morgan fingerprint density at radius 3 is 2.30 bits per heavy atom. The summed E-state index contributed by atoms with van der Waals surface area (Å²) in [5, 5.41) is 0. The van der Waals surface area contributed by atoms with Gasteiger partial charge in [-0.15, -0.1) is 0 Å². The minimum Gasteiger partial charge on any atom is -0.497 e. The number of amidine groups is 1. The van der Waals surface area contributed by atoms with Gasteiger partial charge in [0, 0.05) is 24.6 Å². The van der Waals surface area contributed by atoms with E-state index in [1.54, 1.807) is 12.0 Å². The van der Waals surface area contributed by atoms with Gasteiger partial charge in [0.1, 0.15) is 41.1 Å². The van der Waals surface area contributed by atoms with Crippen LogP contribution in [0.1, 0.15) is 59.1 Å². The van der Waals surface area contributed by atoms with Gasteiger partial charge in [-0.2, -0.15) is 0 Å². The predicted molar refractivity (Wildman–Crippen MR) is 167 cm³/mol. The van der Waals surface area contributed by atoms with E-state index >= 15 is 0 Å². The molecule has 4 rings (SSSR count). The number of ether oxygens (including phenoxy) is 4. The number of methoxy groups -OCH3 is 1. The fourth-order valence-electron chi connectivity index (χ4n) is 4.98. The Morgan fingerprint density at radius 1 is 0.977 bits per heavy atom. The van der Waals surface area contributed by atoms with Crippen molar-refractivity contribution in [3.05, 3.63) is 77.4 Å². The molecule has 0 fully saturated rings. The summed E-state index contributed by atoms with van der Waals surface area (Å²) in [5.74, 6) is -0.245. The van der Waals surface area contributed by atoms with E-state index in [1.807, 2.05) is 96.1 Å². The smallest absolute Gasteiger partial charge is 0.410 e. The van der Waals surface area contributed by atoms with Crippen LogP contribution in [-0.4, -0.2) is 54.2 Å². The van der Waals surface area contributed by atoms with Crippen molar-refractivity contribution in [2.24, 2.45) is 22.6 Å². The van der Waals surface area contributed by atoms with Gasteiger partial charge >= 0.3 is 12.1 Å². The van der Waals surface area contributed by atoms with E-state index in [9.17, 15) is 9.59 Å². The molecule has 9 heteroatoms. The summed E-state index contributed by atoms with van der Waals surface area (Å²) in [6.07, 6.45) is 4.23. The molecule has 2 aliphatic rings. The maximum absolute atomic E-state index is 13.5. The number of nitrogens with zero attached hydrogens (tertiary/aromatic N) is 2. The summed E-state index contributed by atoms with van der Waals surface area (Å²) in [4.78, 5) is 32.8. The Balaban J connectivity index is 1.67. The van der Waals surface area contributed by atoms with Crippen molar-refractivity contribution in [3.63, 3.8) is 0 Å². The molecule has 2 heterocycles. The number of hydrogen-bond donors (Lipinski definition) is 1. The number of allylic oxidation sites excluding steroid dienone is 1. The first kappa shape index (κ1) is 31.7. The van der Waals surface area contributed by atoms with Gasteiger partial charge in [-0.3, -0.25) is 4.79 Å². The summed E-state index contributed by atoms with van der Waals surface area (Å²) in [6, 6.07) is 15.3. The lowest BCUT2D eigenvalue weighted by molar-refractivity contribution is -0.158. The molecule has 2 N–H and O–H groups in total. The van der Waals surface area contributed by atoms with Crippen LogP contribution in [0.3, 0.4) is 0 Å². The van der Waals surface area contributed by atoms with Crippen molar-refractivity contribution < 1.29 is 28.5 Å². The van der Waals surface area contributed by atoms with Crippen LogP contribution in [0.15, 0.2) is 71.2 Å². The standard InChI is InChI=1S/C34H43N3O6/c1-33(2,3)42-31(38)29-26(23-11-10-18-37(20-23)32(39)43-34(4,5)6)19-27(36-30(29)35)25-12-8-9-13-28(25)41-21-22-14-16-24(40-7)17-15-22/h8-9,11-17,19,26,29H,10,18,20-21H2,1-7H3,(H2,35,36). The normalized spacial score (nSPS) is 19.0. The second kappa shape index (κ2) is 12.9. The Bertz CT molecular complexity index is 1410. The zero-order valence-corrected chi connectivity index (χ0v) is 26.2. The quantitative estimate of drug-likeness (QED) is 0.305. The molecule has 2 aromatic rings. The molecule has 0 saturated heterocycles. The lowest BCUT2D eigenvalue weighted by Gasteiger charge is -2.36. The highest BCUT2D eigenvalue weighted by Crippen LogP contribution is 2.38. The van der Waals surface area contributed by atoms with E-state index in [2.05, 4.69) is 6.08 Å². The first-order valence-electron chi connectivity index (χ1n) is 14.5. The molecule has 0 bridgehead atoms. The van der Waals surface area contributed by atoms with Crippen molar-refractivity contribution in [1.82, 2.24) is 4.90 Å². The summed E-state index contributed by atoms with van der Waals surface area (Å²) >= 11 is 0. The number of carbonyl (C=O) groups excluding carboxylic acids is 2. The Hall–Kier alpha value is -4.27. The maximum atomic E-state index is 13.5. The highest BCUT2D eigenvalue weighted by atomic mass is 16.6. The number of para-hydroxylation sites is 1. The summed E-state index contributed by atoms with van der Waals surface area (Å²) < 4.78 is 22.9. The third-order valence-corrected chi connectivity index (χ3v) is 6.90. The Labute approximate surface area is 254 Å². The average molecular weight is 590 g/mol. The minimum atomic E-state index is -0.847. The SMILES string of the molecule is COc1ccc(COc2ccccc2C2=CC(C3=CCCN(C(=O)OC(C)(C)C)C3)C(C(=O)OC(C)(C)C)C(N)=N2)cc1. The van der Waals surface area contributed by atoms with Gasteiger partial charge in [-0.05, 0) is 89.4 Å². The molecule has 2 unspecified atom stereocenters. The molecule has 0 spiro atoms. The van der Waals surface area contributed by atoms with Crippen LogP contribution in [0, 0.1) is 11.8 Å². The van der Waals surface area contributed by atoms with E-state index in [-0.39, 0.29) is 5.84 Å². The van der Waals surface area contributed by atoms with Gasteiger partial charge in [-0.1, -0.05) is 30.3 Å². The van der Waals surface area contributed by atoms with Crippen molar-refractivity contribution in [2.75, 3.05) is 20.2 Å². The van der Waals surface area contributed by atoms with Gasteiger partial charge in [0.05, 0.1) is 12.8 Å². The largest absolute Gasteiger partial charge is 0.497 e. The second-order valence-corrected chi connectivity index (χ2v) is 12.7. The Kier molecular flexibility index (Phi) is 9.52. The number of aliphatic imine (C=N–C) groups is 1. The first-order chi connectivity index (χ1) is 20.2. The second-order valence-electron chi connectivity index (χ2n) is 12.7. The molecule has 0 radical (unpaired) electrons. The summed E-state index contributed by atoms with van der Waals surface area (Å²) in [5.41, 5.74) is 8.42. The van der Waals surface area contributed by atoms with Crippen LogP contribution in [-0.2, 0) is 20.9 Å². The van der Waals surface area contributed by atoms with Gasteiger partial charge in [-0.25, -0.2) is 9.79 Å². The summed E-state index contributed by atoms with van der Waals surface area (Å²) in [6.45, 7) is 12.1. The van der Waals surface area contributed by atoms with E-state index in [4.69, 9.17) is 29.7 Å². The lowest BCUT2D eigenvalue weighted by atomic mass is 9.80. The highest BCUT2D eigenvalue weighted by Gasteiger charge is 2.40. The van der Waals surface area contributed by atoms with Gasteiger partial charge in [0.15, 0.2) is 0 Å². The fourth-order valence-corrected chi connectivity index (χ4v) is 4.98. The molecule has 9 nitrogen and oxygen atoms in total. The summed E-state index contributed by atoms with van der Waals surface area (Å²) in [7, 11) is 1.63.